The fourth-order valence-corrected chi connectivity index (χ4v) is 47.1. The first kappa shape index (κ1) is 73.4. The monoisotopic (exact) mass is 1740 g/mol. The van der Waals surface area contributed by atoms with Gasteiger partial charge in [-0.3, -0.25) is 0 Å². The van der Waals surface area contributed by atoms with Crippen LogP contribution in [0.15, 0.2) is 0 Å². The van der Waals surface area contributed by atoms with Crippen LogP contribution >= 0.6 is 0 Å². The third-order valence-corrected chi connectivity index (χ3v) is 47.1. The number of rotatable bonds is 0. The van der Waals surface area contributed by atoms with Gasteiger partial charge in [0.2, 0.25) is 0 Å². The lowest BCUT2D eigenvalue weighted by Gasteiger charge is -2.85. The van der Waals surface area contributed by atoms with Gasteiger partial charge in [0.05, 0.1) is 0 Å². The lowest BCUT2D eigenvalue weighted by molar-refractivity contribution is -0.591. The summed E-state index contributed by atoms with van der Waals surface area (Å²) in [7, 11) is 0. The molecule has 0 unspecified atom stereocenters. The Morgan fingerprint density at radius 2 is 0.0417 bits per heavy atom. The van der Waals surface area contributed by atoms with Gasteiger partial charge in [-0.2, -0.15) is 0 Å². The van der Waals surface area contributed by atoms with Gasteiger partial charge in [-0.1, -0.05) is 0 Å². The topological polar surface area (TPSA) is 1210 Å². The smallest absolute Gasteiger partial charge is 0.169 e. The quantitative estimate of drug-likeness (QED) is 0.107. The lowest BCUT2D eigenvalue weighted by atomic mass is 9.25. The normalized spacial score (nSPS) is 97.5. The average molecular weight is 1740 g/mol. The first-order valence-electron chi connectivity index (χ1n) is 35.9. The molecule has 0 amide bonds. The van der Waals surface area contributed by atoms with Crippen molar-refractivity contribution >= 4 is 0 Å². The summed E-state index contributed by atoms with van der Waals surface area (Å²) >= 11 is 0. The highest BCUT2D eigenvalue weighted by molar-refractivity contribution is 6.01. The highest BCUT2D eigenvalue weighted by Crippen LogP contribution is 3.18. The van der Waals surface area contributed by atoms with E-state index >= 15 is 306 Å². The molecular formula is C60H60O60. The maximum atomic E-state index is 15.8. The van der Waals surface area contributed by atoms with Crippen molar-refractivity contribution < 1.29 is 306 Å². The number of hydrogen-bond acceptors (Lipinski definition) is 60. The van der Waals surface area contributed by atoms with Crippen LogP contribution in [0.5, 0.6) is 0 Å². The molecule has 32 aliphatic rings. The van der Waals surface area contributed by atoms with Crippen molar-refractivity contribution in [3.8, 4) is 0 Å². The second kappa shape index (κ2) is 12.2. The first-order chi connectivity index (χ1) is 52.5. The Hall–Kier alpha value is -2.40. The predicted octanol–water partition coefficient (Wildman–Crippen LogP) is -45.7. The Balaban J connectivity index is 1.10. The summed E-state index contributed by atoms with van der Waals surface area (Å²) in [5.74, 6) is 0. The Kier molecular flexibility index (Phi) is 7.45. The standard InChI is InChI=1S/C60H60O60/c61-1-2(62)5(65)6(66)3(1,63)8(68)12(72)10(70)4(1,64)9(69)11(71)7(2,67)17(77)21(81)13(5,73)23(83)24(84)14(6,74)22(82)18(8,78)28(88)20(12,80)30(90)26(86)16(10,76)15(9,75)25(85)29(89)19(11,79)27(17,87)37(97)41(101)31(21,91)33(23,93)43(103)44(104)34(24,94)32(22,92)42(102)38(28,98)48(108)40(30,100)46(106)36(26,96)35(25,95)45(105)39(29,99)47(37,107)55(115)49(41,109)51(43,111)57(117)52(44,112)50(42,110)56(48,116)59(119)54(46,114)53(45,113)58(55,118)60(57,59)120/h61-120H. The largest absolute Gasteiger partial charge is 0.380 e. The van der Waals surface area contributed by atoms with Crippen LogP contribution in [0.4, 0.5) is 0 Å². The molecule has 0 bridgehead atoms. The van der Waals surface area contributed by atoms with Crippen molar-refractivity contribution in [3.05, 3.63) is 0 Å². The van der Waals surface area contributed by atoms with E-state index in [1.54, 1.807) is 0 Å². The van der Waals surface area contributed by atoms with Gasteiger partial charge >= 0.3 is 0 Å². The van der Waals surface area contributed by atoms with Crippen molar-refractivity contribution in [2.75, 3.05) is 0 Å². The van der Waals surface area contributed by atoms with E-state index in [0.717, 1.165) is 0 Å². The maximum absolute atomic E-state index is 15.8. The molecule has 0 aromatic rings. The van der Waals surface area contributed by atoms with E-state index in [9.17, 15) is 0 Å². The minimum Gasteiger partial charge on any atom is -0.380 e. The molecule has 0 aliphatic heterocycles. The van der Waals surface area contributed by atoms with E-state index < -0.39 is 336 Å². The zero-order valence-corrected chi connectivity index (χ0v) is 56.8. The summed E-state index contributed by atoms with van der Waals surface area (Å²) in [5, 5.41) is 945. The molecule has 60 N–H and O–H groups in total. The molecule has 32 aliphatic carbocycles. The Morgan fingerprint density at radius 3 is 0.0500 bits per heavy atom. The van der Waals surface area contributed by atoms with E-state index in [1.165, 1.54) is 0 Å². The second-order valence-corrected chi connectivity index (χ2v) is 42.6. The summed E-state index contributed by atoms with van der Waals surface area (Å²) in [4.78, 5) is 0. The Labute approximate surface area is 641 Å². The van der Waals surface area contributed by atoms with E-state index in [-0.39, 0.29) is 0 Å². The molecule has 0 radical (unpaired) electrons. The molecule has 0 aromatic heterocycles. The van der Waals surface area contributed by atoms with E-state index in [4.69, 9.17) is 0 Å². The molecule has 32 fully saturated rings. The second-order valence-electron chi connectivity index (χ2n) is 42.6. The molecule has 120 heavy (non-hydrogen) atoms. The van der Waals surface area contributed by atoms with Crippen LogP contribution in [0.2, 0.25) is 0 Å². The van der Waals surface area contributed by atoms with Crippen LogP contribution in [-0.4, -0.2) is 642 Å². The van der Waals surface area contributed by atoms with Crippen molar-refractivity contribution in [3.63, 3.8) is 0 Å². The minimum absolute atomic E-state index is 8.50. The van der Waals surface area contributed by atoms with Crippen molar-refractivity contribution in [1.29, 1.82) is 0 Å². The lowest BCUT2D eigenvalue weighted by Crippen LogP contribution is -3.17. The van der Waals surface area contributed by atoms with E-state index in [0.29, 0.717) is 0 Å². The van der Waals surface area contributed by atoms with Crippen molar-refractivity contribution in [2.45, 2.75) is 336 Å². The molecule has 0 atom stereocenters. The summed E-state index contributed by atoms with van der Waals surface area (Å²) in [6.45, 7) is 0. The zero-order chi connectivity index (χ0) is 90.0. The van der Waals surface area contributed by atoms with Crippen LogP contribution < -0.4 is 0 Å². The third-order valence-electron chi connectivity index (χ3n) is 47.1. The summed E-state index contributed by atoms with van der Waals surface area (Å²) in [6.07, 6.45) is 0. The molecule has 0 aromatic carbocycles. The molecule has 32 rings (SSSR count). The Bertz CT molecular complexity index is 3540. The van der Waals surface area contributed by atoms with Crippen LogP contribution in [0.3, 0.4) is 0 Å². The van der Waals surface area contributed by atoms with Crippen molar-refractivity contribution in [1.82, 2.24) is 0 Å². The van der Waals surface area contributed by atoms with Gasteiger partial charge in [0.25, 0.3) is 0 Å². The van der Waals surface area contributed by atoms with E-state index in [1.807, 2.05) is 0 Å². The Morgan fingerprint density at radius 1 is 0.0333 bits per heavy atom. The van der Waals surface area contributed by atoms with Gasteiger partial charge in [0, 0.05) is 0 Å². The molecule has 0 spiro atoms. The van der Waals surface area contributed by atoms with Gasteiger partial charge in [0.15, 0.2) is 336 Å². The SMILES string of the molecule is OC12C3(O)C4(O)C5(O)C1(O)C1(O)C6(O)C7(O)C2(O)C2(O)C8(O)C3(O)C3(O)C9(O)C4(O)C4(O)C%10(O)C5(O)C5(O)C1(O)C1(O)C6(O)C6(O)C%11(O)C7(O)C2(O)C2(O)C7(O)C8(O)C3(O)C3(O)C8(O)C9(O)C4(O)C4(O)C9(O)C%10(O)C5(O)C5(O)C1(O)C1(O)C6(O)C6(O)C%11(O)C2(O)C2(O)C7(O)C3(O)C3(O)C8(O)C4(O)C4(O)C9(O)C5(O)C1(O)C1(O)C6(O)C2(O)C3(O)C41O. The van der Waals surface area contributed by atoms with Gasteiger partial charge in [-0.15, -0.1) is 0 Å². The fourth-order valence-electron chi connectivity index (χ4n) is 47.1. The van der Waals surface area contributed by atoms with Crippen LogP contribution in [0.25, 0.3) is 0 Å². The number of hydrogen-bond donors (Lipinski definition) is 60. The third kappa shape index (κ3) is 2.33. The van der Waals surface area contributed by atoms with Gasteiger partial charge in [-0.25, -0.2) is 0 Å². The predicted molar refractivity (Wildman–Crippen MR) is 297 cm³/mol. The summed E-state index contributed by atoms with van der Waals surface area (Å²) in [6, 6.07) is 0. The molecule has 660 valence electrons. The minimum atomic E-state index is -8.50. The molecule has 60 heteroatoms. The van der Waals surface area contributed by atoms with Gasteiger partial charge in [-0.05, 0) is 0 Å². The molecule has 0 saturated heterocycles. The highest BCUT2D eigenvalue weighted by Gasteiger charge is 3.52. The van der Waals surface area contributed by atoms with Crippen LogP contribution in [0.1, 0.15) is 0 Å². The molecule has 60 nitrogen and oxygen atoms in total. The first-order valence-corrected chi connectivity index (χ1v) is 35.9. The van der Waals surface area contributed by atoms with Gasteiger partial charge < -0.3 is 306 Å². The fraction of sp³-hybridized carbons (Fsp3) is 1.00. The highest BCUT2D eigenvalue weighted by atomic mass is 16.7. The van der Waals surface area contributed by atoms with Crippen LogP contribution in [-0.2, 0) is 0 Å². The van der Waals surface area contributed by atoms with Crippen molar-refractivity contribution in [2.24, 2.45) is 0 Å². The average Bonchev–Trinajstić information content (AvgIpc) is 1.28. The van der Waals surface area contributed by atoms with Crippen LogP contribution in [0, 0.1) is 0 Å². The molecular weight excluding hydrogens is 1680 g/mol. The van der Waals surface area contributed by atoms with E-state index in [2.05, 4.69) is 0 Å². The molecule has 0 heterocycles. The van der Waals surface area contributed by atoms with Gasteiger partial charge in [0.1, 0.15) is 0 Å². The molecule has 32 saturated carbocycles. The number of aliphatic hydroxyl groups is 60. The zero-order valence-electron chi connectivity index (χ0n) is 56.8. The summed E-state index contributed by atoms with van der Waals surface area (Å²) in [5.41, 5.74) is -510. The maximum Gasteiger partial charge on any atom is 0.169 e. The summed E-state index contributed by atoms with van der Waals surface area (Å²) < 4.78 is 0.